The molecule has 80 valence electrons. The molecule has 2 rings (SSSR count). The van der Waals surface area contributed by atoms with Crippen LogP contribution in [0.3, 0.4) is 0 Å². The summed E-state index contributed by atoms with van der Waals surface area (Å²) in [5.41, 5.74) is 0. The normalized spacial score (nSPS) is 25.1. The van der Waals surface area contributed by atoms with Crippen LogP contribution in [0.5, 0.6) is 0 Å². The van der Waals surface area contributed by atoms with Gasteiger partial charge in [-0.05, 0) is 31.8 Å². The van der Waals surface area contributed by atoms with Gasteiger partial charge in [0.25, 0.3) is 6.48 Å². The van der Waals surface area contributed by atoms with Crippen LogP contribution in [0.15, 0.2) is 11.9 Å². The summed E-state index contributed by atoms with van der Waals surface area (Å²) in [6.07, 6.45) is 6.30. The molecule has 0 aromatic rings. The molecule has 1 unspecified atom stereocenters. The van der Waals surface area contributed by atoms with Gasteiger partial charge < -0.3 is 14.9 Å². The first-order chi connectivity index (χ1) is 6.79. The van der Waals surface area contributed by atoms with Crippen molar-refractivity contribution in [2.75, 3.05) is 19.6 Å². The Kier molecular flexibility index (Phi) is 2.91. The van der Waals surface area contributed by atoms with Crippen molar-refractivity contribution < 1.29 is 9.50 Å². The highest BCUT2D eigenvalue weighted by molar-refractivity contribution is 5.05. The molecule has 0 aliphatic carbocycles. The van der Waals surface area contributed by atoms with Crippen LogP contribution in [0, 0.1) is 0 Å². The Morgan fingerprint density at radius 1 is 1.21 bits per heavy atom. The van der Waals surface area contributed by atoms with Crippen LogP contribution >= 0.6 is 0 Å². The van der Waals surface area contributed by atoms with Gasteiger partial charge in [-0.15, -0.1) is 0 Å². The Labute approximate surface area is 83.8 Å². The van der Waals surface area contributed by atoms with Crippen LogP contribution in [-0.4, -0.2) is 41.0 Å². The summed E-state index contributed by atoms with van der Waals surface area (Å²) in [4.78, 5) is 3.63. The third-order valence-corrected chi connectivity index (χ3v) is 2.91. The molecule has 1 N–H and O–H groups in total. The number of nitrogens with zero attached hydrogens (tertiary/aromatic N) is 2. The number of halogens is 1. The standard InChI is InChI=1S/C10H17FN2O/c11-10(14)13-8-4-7-12-6-3-1-2-5-9(12)13/h5,10,14H,1-4,6-8H2. The topological polar surface area (TPSA) is 26.7 Å². The first-order valence-electron chi connectivity index (χ1n) is 5.33. The molecule has 4 heteroatoms. The monoisotopic (exact) mass is 200 g/mol. The molecule has 0 spiro atoms. The fraction of sp³-hybridized carbons (Fsp3) is 0.800. The Balaban J connectivity index is 2.15. The Bertz CT molecular complexity index is 230. The molecule has 2 heterocycles. The number of fused-ring (bicyclic) bond motifs is 1. The van der Waals surface area contributed by atoms with Crippen LogP contribution in [0.2, 0.25) is 0 Å². The second-order valence-corrected chi connectivity index (χ2v) is 3.90. The van der Waals surface area contributed by atoms with Crippen LogP contribution in [0.4, 0.5) is 4.39 Å². The first-order valence-corrected chi connectivity index (χ1v) is 5.33. The molecule has 1 atom stereocenters. The second kappa shape index (κ2) is 4.17. The highest BCUT2D eigenvalue weighted by Crippen LogP contribution is 2.24. The number of allylic oxidation sites excluding steroid dienone is 1. The predicted molar refractivity (Wildman–Crippen MR) is 51.9 cm³/mol. The minimum Gasteiger partial charge on any atom is -0.358 e. The molecule has 0 radical (unpaired) electrons. The summed E-state index contributed by atoms with van der Waals surface area (Å²) in [5, 5.41) is 9.00. The summed E-state index contributed by atoms with van der Waals surface area (Å²) in [6, 6.07) is 0. The van der Waals surface area contributed by atoms with E-state index in [1.807, 2.05) is 0 Å². The third-order valence-electron chi connectivity index (χ3n) is 2.91. The smallest absolute Gasteiger partial charge is 0.277 e. The van der Waals surface area contributed by atoms with Gasteiger partial charge in [-0.25, -0.2) is 0 Å². The van der Waals surface area contributed by atoms with E-state index in [4.69, 9.17) is 5.11 Å². The van der Waals surface area contributed by atoms with Crippen molar-refractivity contribution in [2.45, 2.75) is 32.2 Å². The molecular weight excluding hydrogens is 183 g/mol. The highest BCUT2D eigenvalue weighted by Gasteiger charge is 2.26. The van der Waals surface area contributed by atoms with E-state index >= 15 is 0 Å². The maximum atomic E-state index is 12.9. The van der Waals surface area contributed by atoms with E-state index in [0.29, 0.717) is 6.54 Å². The molecule has 0 saturated carbocycles. The molecule has 1 saturated heterocycles. The quantitative estimate of drug-likeness (QED) is 0.646. The van der Waals surface area contributed by atoms with Crippen molar-refractivity contribution in [3.8, 4) is 0 Å². The summed E-state index contributed by atoms with van der Waals surface area (Å²) in [7, 11) is 0. The molecule has 0 aromatic heterocycles. The van der Waals surface area contributed by atoms with Crippen molar-refractivity contribution >= 4 is 0 Å². The van der Waals surface area contributed by atoms with Gasteiger partial charge in [0.05, 0.1) is 0 Å². The molecule has 2 aliphatic heterocycles. The Morgan fingerprint density at radius 2 is 2.00 bits per heavy atom. The van der Waals surface area contributed by atoms with E-state index in [9.17, 15) is 4.39 Å². The summed E-state index contributed by atoms with van der Waals surface area (Å²) < 4.78 is 12.9. The Morgan fingerprint density at radius 3 is 2.79 bits per heavy atom. The number of hydrogen-bond donors (Lipinski definition) is 1. The molecular formula is C10H17FN2O. The van der Waals surface area contributed by atoms with E-state index in [2.05, 4.69) is 11.0 Å². The molecule has 14 heavy (non-hydrogen) atoms. The number of aliphatic hydroxyl groups excluding tert-OH is 1. The zero-order valence-corrected chi connectivity index (χ0v) is 8.32. The third kappa shape index (κ3) is 1.85. The van der Waals surface area contributed by atoms with Crippen molar-refractivity contribution in [3.05, 3.63) is 11.9 Å². The Hall–Kier alpha value is -0.770. The summed E-state index contributed by atoms with van der Waals surface area (Å²) in [5.74, 6) is 0.892. The minimum absolute atomic E-state index is 0.625. The van der Waals surface area contributed by atoms with Gasteiger partial charge in [0.1, 0.15) is 5.82 Å². The van der Waals surface area contributed by atoms with Crippen molar-refractivity contribution in [1.82, 2.24) is 9.80 Å². The van der Waals surface area contributed by atoms with Crippen molar-refractivity contribution in [3.63, 3.8) is 0 Å². The highest BCUT2D eigenvalue weighted by atomic mass is 19.1. The molecule has 2 aliphatic rings. The fourth-order valence-corrected chi connectivity index (χ4v) is 2.21. The molecule has 3 nitrogen and oxygen atoms in total. The zero-order valence-electron chi connectivity index (χ0n) is 8.32. The van der Waals surface area contributed by atoms with Gasteiger partial charge in [0, 0.05) is 19.6 Å². The minimum atomic E-state index is -1.85. The summed E-state index contributed by atoms with van der Waals surface area (Å²) in [6.45, 7) is 0.770. The van der Waals surface area contributed by atoms with Gasteiger partial charge in [0.15, 0.2) is 0 Å². The molecule has 0 amide bonds. The largest absolute Gasteiger partial charge is 0.358 e. The van der Waals surface area contributed by atoms with Crippen LogP contribution < -0.4 is 0 Å². The molecule has 0 bridgehead atoms. The maximum Gasteiger partial charge on any atom is 0.277 e. The fourth-order valence-electron chi connectivity index (χ4n) is 2.21. The van der Waals surface area contributed by atoms with Crippen molar-refractivity contribution in [2.24, 2.45) is 0 Å². The van der Waals surface area contributed by atoms with E-state index in [1.165, 1.54) is 4.90 Å². The van der Waals surface area contributed by atoms with E-state index in [1.54, 1.807) is 0 Å². The van der Waals surface area contributed by atoms with E-state index in [0.717, 1.165) is 44.6 Å². The van der Waals surface area contributed by atoms with Gasteiger partial charge >= 0.3 is 0 Å². The number of aliphatic hydroxyl groups is 1. The lowest BCUT2D eigenvalue weighted by molar-refractivity contribution is -0.0992. The van der Waals surface area contributed by atoms with Crippen molar-refractivity contribution in [1.29, 1.82) is 0 Å². The lowest BCUT2D eigenvalue weighted by Crippen LogP contribution is -2.45. The SMILES string of the molecule is OC(F)N1CCCN2CCCCC=C21. The van der Waals surface area contributed by atoms with E-state index < -0.39 is 6.48 Å². The van der Waals surface area contributed by atoms with Gasteiger partial charge in [0.2, 0.25) is 0 Å². The summed E-state index contributed by atoms with van der Waals surface area (Å²) >= 11 is 0. The predicted octanol–water partition coefficient (Wildman–Crippen LogP) is 1.26. The average molecular weight is 200 g/mol. The molecule has 0 aromatic carbocycles. The number of hydrogen-bond acceptors (Lipinski definition) is 3. The van der Waals surface area contributed by atoms with Crippen LogP contribution in [0.25, 0.3) is 0 Å². The average Bonchev–Trinajstić information content (AvgIpc) is 2.41. The lowest BCUT2D eigenvalue weighted by atomic mass is 10.2. The number of rotatable bonds is 1. The lowest BCUT2D eigenvalue weighted by Gasteiger charge is -2.40. The first kappa shape index (κ1) is 9.77. The maximum absolute atomic E-state index is 12.9. The molecule has 1 fully saturated rings. The number of alkyl halides is 1. The van der Waals surface area contributed by atoms with Gasteiger partial charge in [-0.2, -0.15) is 4.39 Å². The zero-order chi connectivity index (χ0) is 9.97. The van der Waals surface area contributed by atoms with Crippen LogP contribution in [0.1, 0.15) is 25.7 Å². The van der Waals surface area contributed by atoms with E-state index in [-0.39, 0.29) is 0 Å². The van der Waals surface area contributed by atoms with Crippen LogP contribution in [-0.2, 0) is 0 Å². The van der Waals surface area contributed by atoms with Gasteiger partial charge in [-0.3, -0.25) is 0 Å². The van der Waals surface area contributed by atoms with Gasteiger partial charge in [-0.1, -0.05) is 0 Å². The second-order valence-electron chi connectivity index (χ2n) is 3.90.